The molecule has 1 aliphatic heterocycles. The summed E-state index contributed by atoms with van der Waals surface area (Å²) in [5.74, 6) is -0.389. The highest BCUT2D eigenvalue weighted by Crippen LogP contribution is 2.10. The van der Waals surface area contributed by atoms with Gasteiger partial charge in [-0.05, 0) is 6.04 Å². The van der Waals surface area contributed by atoms with E-state index < -0.39 is 37.4 Å². The summed E-state index contributed by atoms with van der Waals surface area (Å²) in [6, 6.07) is -1.10. The van der Waals surface area contributed by atoms with E-state index >= 15 is 0 Å². The quantitative estimate of drug-likeness (QED) is 0.674. The lowest BCUT2D eigenvalue weighted by atomic mass is 10.3. The van der Waals surface area contributed by atoms with E-state index in [1.807, 2.05) is 0 Å². The summed E-state index contributed by atoms with van der Waals surface area (Å²) in [5.41, 5.74) is 5.32. The predicted octanol–water partition coefficient (Wildman–Crippen LogP) is -0.164. The zero-order valence-corrected chi connectivity index (χ0v) is 5.79. The van der Waals surface area contributed by atoms with Gasteiger partial charge in [-0.25, -0.2) is 4.98 Å². The number of nitrogens with zero attached hydrogens (tertiary/aromatic N) is 2. The number of nitrogen functional groups attached to an aromatic ring is 1. The van der Waals surface area contributed by atoms with Crippen LogP contribution in [0.15, 0.2) is 12.2 Å². The fourth-order valence-corrected chi connectivity index (χ4v) is 0.560. The summed E-state index contributed by atoms with van der Waals surface area (Å²) in [5, 5.41) is 0. The SMILES string of the molecule is [2H]c1nc(OC2([2H])C([2H])([2H])OC2([2H])[2H])nc(N)c1[2H]. The third-order valence-electron chi connectivity index (χ3n) is 1.03. The van der Waals surface area contributed by atoms with Gasteiger partial charge in [-0.1, -0.05) is 0 Å². The van der Waals surface area contributed by atoms with Crippen LogP contribution in [0.25, 0.3) is 0 Å². The molecule has 0 aliphatic carbocycles. The first-order chi connectivity index (χ1) is 8.50. The first-order valence-electron chi connectivity index (χ1n) is 6.50. The van der Waals surface area contributed by atoms with E-state index in [1.165, 1.54) is 0 Å². The molecule has 0 unspecified atom stereocenters. The van der Waals surface area contributed by atoms with Crippen molar-refractivity contribution in [3.8, 4) is 6.01 Å². The van der Waals surface area contributed by atoms with Crippen molar-refractivity contribution in [3.05, 3.63) is 12.2 Å². The highest BCUT2D eigenvalue weighted by Gasteiger charge is 2.20. The summed E-state index contributed by atoms with van der Waals surface area (Å²) in [6.45, 7) is -5.42. The number of anilines is 1. The Morgan fingerprint density at radius 3 is 3.42 bits per heavy atom. The summed E-state index contributed by atoms with van der Waals surface area (Å²) in [7, 11) is 0. The van der Waals surface area contributed by atoms with Gasteiger partial charge in [0.2, 0.25) is 0 Å². The highest BCUT2D eigenvalue weighted by atomic mass is 16.6. The van der Waals surface area contributed by atoms with Crippen molar-refractivity contribution in [2.45, 2.75) is 6.08 Å². The average molecular weight is 174 g/mol. The van der Waals surface area contributed by atoms with E-state index in [1.54, 1.807) is 0 Å². The Kier molecular flexibility index (Phi) is 0.698. The van der Waals surface area contributed by atoms with Crippen LogP contribution in [0.5, 0.6) is 6.01 Å². The molecule has 1 fully saturated rings. The molecule has 0 saturated carbocycles. The molecule has 64 valence electrons. The highest BCUT2D eigenvalue weighted by molar-refractivity contribution is 5.26. The fourth-order valence-electron chi connectivity index (χ4n) is 0.560. The number of hydrogen-bond acceptors (Lipinski definition) is 5. The molecule has 1 aromatic rings. The van der Waals surface area contributed by atoms with Crippen molar-refractivity contribution in [1.29, 1.82) is 0 Å². The summed E-state index contributed by atoms with van der Waals surface area (Å²) in [6.07, 6.45) is -3.31. The Hall–Kier alpha value is -1.36. The number of nitrogens with two attached hydrogens (primary N) is 1. The van der Waals surface area contributed by atoms with Crippen LogP contribution in [0.3, 0.4) is 0 Å². The normalized spacial score (nSPS) is 36.5. The van der Waals surface area contributed by atoms with Gasteiger partial charge in [0.1, 0.15) is 11.9 Å². The molecule has 0 bridgehead atoms. The summed E-state index contributed by atoms with van der Waals surface area (Å²) in [4.78, 5) is 6.85. The molecular weight excluding hydrogens is 158 g/mol. The molecular formula is C7H9N3O2. The molecule has 2 N–H and O–H groups in total. The average Bonchev–Trinajstić information content (AvgIpc) is 2.23. The minimum Gasteiger partial charge on any atom is -0.455 e. The number of ether oxygens (including phenoxy) is 2. The van der Waals surface area contributed by atoms with Gasteiger partial charge in [-0.15, -0.1) is 0 Å². The lowest BCUT2D eigenvalue weighted by Gasteiger charge is -2.25. The van der Waals surface area contributed by atoms with Gasteiger partial charge in [0.05, 0.1) is 22.7 Å². The molecule has 2 heterocycles. The van der Waals surface area contributed by atoms with E-state index in [0.717, 1.165) is 0 Å². The Morgan fingerprint density at radius 2 is 2.75 bits per heavy atom. The molecule has 1 aliphatic rings. The summed E-state index contributed by atoms with van der Waals surface area (Å²) < 4.78 is 60.5. The van der Waals surface area contributed by atoms with Crippen molar-refractivity contribution in [2.75, 3.05) is 18.9 Å². The van der Waals surface area contributed by atoms with E-state index in [0.29, 0.717) is 0 Å². The Morgan fingerprint density at radius 1 is 1.92 bits per heavy atom. The molecule has 0 aromatic carbocycles. The van der Waals surface area contributed by atoms with Crippen molar-refractivity contribution in [2.24, 2.45) is 0 Å². The monoisotopic (exact) mass is 174 g/mol. The van der Waals surface area contributed by atoms with Crippen molar-refractivity contribution in [3.63, 3.8) is 0 Å². The first-order valence-corrected chi connectivity index (χ1v) is 3.00. The van der Waals surface area contributed by atoms with Crippen molar-refractivity contribution >= 4 is 5.82 Å². The van der Waals surface area contributed by atoms with E-state index in [9.17, 15) is 0 Å². The third kappa shape index (κ3) is 1.45. The van der Waals surface area contributed by atoms with Crippen LogP contribution in [-0.4, -0.2) is 29.2 Å². The lowest BCUT2D eigenvalue weighted by molar-refractivity contribution is -0.0830. The lowest BCUT2D eigenvalue weighted by Crippen LogP contribution is -2.39. The van der Waals surface area contributed by atoms with Crippen LogP contribution in [0.1, 0.15) is 9.60 Å². The number of hydrogen-bond donors (Lipinski definition) is 1. The molecule has 0 spiro atoms. The van der Waals surface area contributed by atoms with Gasteiger partial charge < -0.3 is 15.2 Å². The topological polar surface area (TPSA) is 70.3 Å². The Labute approximate surface area is 79.4 Å². The van der Waals surface area contributed by atoms with Gasteiger partial charge in [0, 0.05) is 6.17 Å². The van der Waals surface area contributed by atoms with Gasteiger partial charge in [-0.3, -0.25) is 0 Å². The predicted molar refractivity (Wildman–Crippen MR) is 41.7 cm³/mol. The molecule has 5 heteroatoms. The molecule has 0 amide bonds. The minimum absolute atomic E-state index is 0.389. The largest absolute Gasteiger partial charge is 0.455 e. The van der Waals surface area contributed by atoms with E-state index in [-0.39, 0.29) is 5.82 Å². The molecule has 2 rings (SSSR count). The molecule has 0 radical (unpaired) electrons. The third-order valence-corrected chi connectivity index (χ3v) is 1.03. The van der Waals surface area contributed by atoms with Crippen LogP contribution >= 0.6 is 0 Å². The van der Waals surface area contributed by atoms with Crippen LogP contribution in [0.4, 0.5) is 5.82 Å². The standard InChI is InChI=1S/C7H9N3O2/c8-6-1-2-9-7(10-6)12-5-3-11-4-5/h1-2,5H,3-4H2,(H2,8,9,10)/i1D,2D,3D2,4D2,5D. The van der Waals surface area contributed by atoms with Gasteiger partial charge in [0.25, 0.3) is 0 Å². The molecule has 12 heavy (non-hydrogen) atoms. The number of rotatable bonds is 2. The van der Waals surface area contributed by atoms with Crippen molar-refractivity contribution in [1.82, 2.24) is 9.97 Å². The Bertz CT molecular complexity index is 500. The fraction of sp³-hybridized carbons (Fsp3) is 0.429. The van der Waals surface area contributed by atoms with E-state index in [4.69, 9.17) is 20.1 Å². The molecule has 1 saturated heterocycles. The number of aromatic nitrogens is 2. The van der Waals surface area contributed by atoms with Crippen LogP contribution in [0.2, 0.25) is 0 Å². The van der Waals surface area contributed by atoms with Gasteiger partial charge >= 0.3 is 6.01 Å². The second kappa shape index (κ2) is 2.94. The minimum atomic E-state index is -2.73. The van der Waals surface area contributed by atoms with Crippen molar-refractivity contribution < 1.29 is 19.1 Å². The van der Waals surface area contributed by atoms with E-state index in [2.05, 4.69) is 14.7 Å². The van der Waals surface area contributed by atoms with Crippen LogP contribution in [-0.2, 0) is 4.74 Å². The smallest absolute Gasteiger partial charge is 0.318 e. The maximum atomic E-state index is 7.67. The molecule has 5 nitrogen and oxygen atoms in total. The maximum Gasteiger partial charge on any atom is 0.318 e. The maximum absolute atomic E-state index is 7.67. The molecule has 1 aromatic heterocycles. The Balaban J connectivity index is 2.36. The van der Waals surface area contributed by atoms with Gasteiger partial charge in [-0.2, -0.15) is 4.98 Å². The van der Waals surface area contributed by atoms with Crippen LogP contribution < -0.4 is 10.5 Å². The van der Waals surface area contributed by atoms with Gasteiger partial charge in [0.15, 0.2) is 0 Å². The summed E-state index contributed by atoms with van der Waals surface area (Å²) >= 11 is 0. The van der Waals surface area contributed by atoms with Crippen LogP contribution in [0, 0.1) is 0 Å². The second-order valence-corrected chi connectivity index (χ2v) is 1.87. The zero-order chi connectivity index (χ0) is 14.6. The first kappa shape index (κ1) is 2.85. The molecule has 0 atom stereocenters. The zero-order valence-electron chi connectivity index (χ0n) is 12.8. The second-order valence-electron chi connectivity index (χ2n) is 1.87.